The quantitative estimate of drug-likeness (QED) is 0.400. The van der Waals surface area contributed by atoms with Gasteiger partial charge >= 0.3 is 5.97 Å². The SMILES string of the molecule is COc1ccc(OC(C)=O)c2cc3ccccc3cc12. The Bertz CT molecular complexity index is 806. The third-order valence-electron chi connectivity index (χ3n) is 3.28. The molecule has 100 valence electrons. The number of rotatable bonds is 2. The summed E-state index contributed by atoms with van der Waals surface area (Å²) in [5.74, 6) is 0.991. The van der Waals surface area contributed by atoms with Crippen LogP contribution in [0.5, 0.6) is 11.5 Å². The van der Waals surface area contributed by atoms with Gasteiger partial charge in [-0.1, -0.05) is 24.3 Å². The van der Waals surface area contributed by atoms with E-state index in [9.17, 15) is 4.79 Å². The maximum atomic E-state index is 11.2. The Morgan fingerprint density at radius 1 is 0.900 bits per heavy atom. The van der Waals surface area contributed by atoms with Crippen molar-refractivity contribution in [3.63, 3.8) is 0 Å². The van der Waals surface area contributed by atoms with E-state index in [-0.39, 0.29) is 5.97 Å². The van der Waals surface area contributed by atoms with Crippen molar-refractivity contribution in [2.24, 2.45) is 0 Å². The van der Waals surface area contributed by atoms with Crippen LogP contribution in [0.15, 0.2) is 48.5 Å². The molecule has 0 N–H and O–H groups in total. The van der Waals surface area contributed by atoms with E-state index >= 15 is 0 Å². The Morgan fingerprint density at radius 2 is 1.45 bits per heavy atom. The molecule has 3 aromatic rings. The predicted octanol–water partition coefficient (Wildman–Crippen LogP) is 3.93. The van der Waals surface area contributed by atoms with Gasteiger partial charge in [-0.3, -0.25) is 4.79 Å². The fourth-order valence-corrected chi connectivity index (χ4v) is 2.40. The van der Waals surface area contributed by atoms with Gasteiger partial charge in [-0.15, -0.1) is 0 Å². The molecule has 0 atom stereocenters. The van der Waals surface area contributed by atoms with E-state index in [1.165, 1.54) is 6.92 Å². The topological polar surface area (TPSA) is 35.5 Å². The first-order valence-electron chi connectivity index (χ1n) is 6.37. The van der Waals surface area contributed by atoms with Crippen molar-refractivity contribution in [3.05, 3.63) is 48.5 Å². The summed E-state index contributed by atoms with van der Waals surface area (Å²) in [4.78, 5) is 11.2. The smallest absolute Gasteiger partial charge is 0.308 e. The number of carbonyl (C=O) groups is 1. The van der Waals surface area contributed by atoms with Gasteiger partial charge in [0.1, 0.15) is 11.5 Å². The standard InChI is InChI=1S/C17H14O3/c1-11(18)20-17-8-7-16(19-2)14-9-12-5-3-4-6-13(12)10-15(14)17/h3-10H,1-2H3. The first kappa shape index (κ1) is 12.5. The lowest BCUT2D eigenvalue weighted by Gasteiger charge is -2.11. The minimum atomic E-state index is -0.329. The molecule has 3 aromatic carbocycles. The van der Waals surface area contributed by atoms with E-state index in [2.05, 4.69) is 6.07 Å². The number of hydrogen-bond acceptors (Lipinski definition) is 3. The highest BCUT2D eigenvalue weighted by atomic mass is 16.5. The van der Waals surface area contributed by atoms with Gasteiger partial charge in [0.25, 0.3) is 0 Å². The highest BCUT2D eigenvalue weighted by Crippen LogP contribution is 2.36. The summed E-state index contributed by atoms with van der Waals surface area (Å²) >= 11 is 0. The molecule has 0 fully saturated rings. The molecule has 0 saturated heterocycles. The molecule has 3 heteroatoms. The molecule has 3 rings (SSSR count). The Kier molecular flexibility index (Phi) is 3.03. The minimum Gasteiger partial charge on any atom is -0.496 e. The third kappa shape index (κ3) is 2.07. The van der Waals surface area contributed by atoms with Crippen LogP contribution in [0.25, 0.3) is 21.5 Å². The predicted molar refractivity (Wildman–Crippen MR) is 79.3 cm³/mol. The van der Waals surface area contributed by atoms with Crippen LogP contribution >= 0.6 is 0 Å². The van der Waals surface area contributed by atoms with Crippen LogP contribution in [0, 0.1) is 0 Å². The van der Waals surface area contributed by atoms with Gasteiger partial charge in [0.05, 0.1) is 7.11 Å². The van der Waals surface area contributed by atoms with Crippen LogP contribution in [0.2, 0.25) is 0 Å². The number of fused-ring (bicyclic) bond motifs is 2. The van der Waals surface area contributed by atoms with Gasteiger partial charge in [-0.25, -0.2) is 0 Å². The maximum Gasteiger partial charge on any atom is 0.308 e. The first-order valence-corrected chi connectivity index (χ1v) is 6.37. The van der Waals surface area contributed by atoms with Crippen LogP contribution in [-0.4, -0.2) is 13.1 Å². The van der Waals surface area contributed by atoms with Crippen molar-refractivity contribution in [3.8, 4) is 11.5 Å². The fraction of sp³-hybridized carbons (Fsp3) is 0.118. The summed E-state index contributed by atoms with van der Waals surface area (Å²) in [5, 5.41) is 4.03. The zero-order valence-electron chi connectivity index (χ0n) is 11.3. The normalized spacial score (nSPS) is 10.7. The molecule has 0 saturated carbocycles. The Morgan fingerprint density at radius 3 is 2.00 bits per heavy atom. The van der Waals surface area contributed by atoms with Gasteiger partial charge in [-0.2, -0.15) is 0 Å². The number of benzene rings is 3. The third-order valence-corrected chi connectivity index (χ3v) is 3.28. The largest absolute Gasteiger partial charge is 0.496 e. The molecule has 0 unspecified atom stereocenters. The Hall–Kier alpha value is -2.55. The van der Waals surface area contributed by atoms with E-state index in [1.54, 1.807) is 13.2 Å². The second kappa shape index (κ2) is 4.85. The maximum absolute atomic E-state index is 11.2. The number of hydrogen-bond donors (Lipinski definition) is 0. The molecule has 3 nitrogen and oxygen atoms in total. The molecular formula is C17H14O3. The van der Waals surface area contributed by atoms with Crippen LogP contribution in [-0.2, 0) is 4.79 Å². The van der Waals surface area contributed by atoms with Crippen LogP contribution in [0.3, 0.4) is 0 Å². The van der Waals surface area contributed by atoms with E-state index < -0.39 is 0 Å². The van der Waals surface area contributed by atoms with Crippen LogP contribution in [0.1, 0.15) is 6.92 Å². The zero-order chi connectivity index (χ0) is 14.1. The first-order chi connectivity index (χ1) is 9.69. The average Bonchev–Trinajstić information content (AvgIpc) is 2.45. The second-order valence-electron chi connectivity index (χ2n) is 4.60. The minimum absolute atomic E-state index is 0.329. The molecule has 0 bridgehead atoms. The second-order valence-corrected chi connectivity index (χ2v) is 4.60. The van der Waals surface area contributed by atoms with E-state index in [4.69, 9.17) is 9.47 Å². The van der Waals surface area contributed by atoms with Crippen molar-refractivity contribution in [2.45, 2.75) is 6.92 Å². The summed E-state index contributed by atoms with van der Waals surface area (Å²) in [5.41, 5.74) is 0. The van der Waals surface area contributed by atoms with E-state index in [0.717, 1.165) is 27.3 Å². The molecule has 0 radical (unpaired) electrons. The molecule has 0 spiro atoms. The summed E-state index contributed by atoms with van der Waals surface area (Å²) in [7, 11) is 1.63. The van der Waals surface area contributed by atoms with Gasteiger partial charge in [-0.05, 0) is 35.0 Å². The summed E-state index contributed by atoms with van der Waals surface area (Å²) in [6.45, 7) is 1.40. The number of carbonyl (C=O) groups excluding carboxylic acids is 1. The Labute approximate surface area is 116 Å². The van der Waals surface area contributed by atoms with Gasteiger partial charge in [0.15, 0.2) is 0 Å². The number of methoxy groups -OCH3 is 1. The molecule has 20 heavy (non-hydrogen) atoms. The van der Waals surface area contributed by atoms with Gasteiger partial charge < -0.3 is 9.47 Å². The highest BCUT2D eigenvalue weighted by Gasteiger charge is 2.10. The zero-order valence-corrected chi connectivity index (χ0v) is 11.3. The lowest BCUT2D eigenvalue weighted by Crippen LogP contribution is -2.02. The van der Waals surface area contributed by atoms with Gasteiger partial charge in [0.2, 0.25) is 0 Å². The fourth-order valence-electron chi connectivity index (χ4n) is 2.40. The van der Waals surface area contributed by atoms with Crippen molar-refractivity contribution in [1.82, 2.24) is 0 Å². The summed E-state index contributed by atoms with van der Waals surface area (Å²) in [6.07, 6.45) is 0. The van der Waals surface area contributed by atoms with Crippen molar-refractivity contribution in [2.75, 3.05) is 7.11 Å². The van der Waals surface area contributed by atoms with Crippen LogP contribution in [0.4, 0.5) is 0 Å². The van der Waals surface area contributed by atoms with E-state index in [1.807, 2.05) is 36.4 Å². The number of esters is 1. The average molecular weight is 266 g/mol. The monoisotopic (exact) mass is 266 g/mol. The van der Waals surface area contributed by atoms with Crippen molar-refractivity contribution >= 4 is 27.5 Å². The van der Waals surface area contributed by atoms with Crippen molar-refractivity contribution in [1.29, 1.82) is 0 Å². The Balaban J connectivity index is 2.37. The summed E-state index contributed by atoms with van der Waals surface area (Å²) in [6, 6.07) is 15.7. The van der Waals surface area contributed by atoms with Crippen LogP contribution < -0.4 is 9.47 Å². The molecule has 0 amide bonds. The lowest BCUT2D eigenvalue weighted by atomic mass is 10.0. The lowest BCUT2D eigenvalue weighted by molar-refractivity contribution is -0.131. The molecule has 0 aliphatic carbocycles. The molecule has 0 aliphatic heterocycles. The summed E-state index contributed by atoms with van der Waals surface area (Å²) < 4.78 is 10.7. The molecule has 0 heterocycles. The highest BCUT2D eigenvalue weighted by molar-refractivity contribution is 6.04. The number of ether oxygens (including phenoxy) is 2. The van der Waals surface area contributed by atoms with Crippen molar-refractivity contribution < 1.29 is 14.3 Å². The van der Waals surface area contributed by atoms with Gasteiger partial charge in [0, 0.05) is 17.7 Å². The molecular weight excluding hydrogens is 252 g/mol. The van der Waals surface area contributed by atoms with E-state index in [0.29, 0.717) is 5.75 Å². The molecule has 0 aliphatic rings. The molecule has 0 aromatic heterocycles.